The first-order valence-corrected chi connectivity index (χ1v) is 8.43. The summed E-state index contributed by atoms with van der Waals surface area (Å²) in [6.45, 7) is 0. The summed E-state index contributed by atoms with van der Waals surface area (Å²) in [6, 6.07) is 14.0. The Balaban J connectivity index is 2.10. The van der Waals surface area contributed by atoms with Crippen LogP contribution in [-0.2, 0) is 11.2 Å². The van der Waals surface area contributed by atoms with Crippen LogP contribution in [-0.4, -0.2) is 17.9 Å². The number of primary amides is 1. The van der Waals surface area contributed by atoms with Crippen molar-refractivity contribution in [3.63, 3.8) is 0 Å². The highest BCUT2D eigenvalue weighted by molar-refractivity contribution is 14.1. The van der Waals surface area contributed by atoms with E-state index >= 15 is 0 Å². The van der Waals surface area contributed by atoms with Crippen molar-refractivity contribution in [3.05, 3.63) is 67.7 Å². The van der Waals surface area contributed by atoms with E-state index in [-0.39, 0.29) is 5.91 Å². The molecule has 4 nitrogen and oxygen atoms in total. The summed E-state index contributed by atoms with van der Waals surface area (Å²) in [7, 11) is 0. The summed E-state index contributed by atoms with van der Waals surface area (Å²) < 4.78 is 1.91. The second kappa shape index (κ2) is 7.73. The molecule has 2 amide bonds. The molecule has 114 valence electrons. The monoisotopic (exact) mass is 472 g/mol. The van der Waals surface area contributed by atoms with Gasteiger partial charge >= 0.3 is 0 Å². The molecule has 0 unspecified atom stereocenters. The Morgan fingerprint density at radius 1 is 1.18 bits per heavy atom. The number of benzene rings is 2. The minimum Gasteiger partial charge on any atom is -0.368 e. The lowest BCUT2D eigenvalue weighted by Crippen LogP contribution is -2.45. The Bertz CT molecular complexity index is 689. The second-order valence-electron chi connectivity index (χ2n) is 4.77. The molecule has 1 atom stereocenters. The van der Waals surface area contributed by atoms with Gasteiger partial charge in [0, 0.05) is 20.0 Å². The molecule has 0 saturated carbocycles. The number of halogens is 2. The number of nitrogens with one attached hydrogen (secondary N) is 1. The second-order valence-corrected chi connectivity index (χ2v) is 6.93. The van der Waals surface area contributed by atoms with Crippen LogP contribution in [0.3, 0.4) is 0 Å². The highest BCUT2D eigenvalue weighted by atomic mass is 127. The van der Waals surface area contributed by atoms with Gasteiger partial charge in [0.25, 0.3) is 5.91 Å². The summed E-state index contributed by atoms with van der Waals surface area (Å²) in [5.74, 6) is -0.877. The van der Waals surface area contributed by atoms with Gasteiger partial charge in [-0.25, -0.2) is 0 Å². The van der Waals surface area contributed by atoms with Gasteiger partial charge < -0.3 is 11.1 Å². The molecule has 0 heterocycles. The van der Waals surface area contributed by atoms with Gasteiger partial charge in [0.15, 0.2) is 0 Å². The number of rotatable bonds is 5. The van der Waals surface area contributed by atoms with Gasteiger partial charge in [0.05, 0.1) is 0 Å². The first-order valence-electron chi connectivity index (χ1n) is 6.56. The van der Waals surface area contributed by atoms with Crippen LogP contribution in [0.5, 0.6) is 0 Å². The molecule has 3 N–H and O–H groups in total. The molecule has 0 saturated heterocycles. The Morgan fingerprint density at radius 2 is 1.86 bits per heavy atom. The SMILES string of the molecule is NC(=O)[C@@H](Cc1ccc(I)cc1)NC(=O)c1cccc(Br)c1. The summed E-state index contributed by atoms with van der Waals surface area (Å²) in [5.41, 5.74) is 6.82. The average Bonchev–Trinajstić information content (AvgIpc) is 2.48. The van der Waals surface area contributed by atoms with Gasteiger partial charge in [-0.3, -0.25) is 9.59 Å². The molecular weight excluding hydrogens is 459 g/mol. The number of carbonyl (C=O) groups is 2. The van der Waals surface area contributed by atoms with Crippen LogP contribution in [0.4, 0.5) is 0 Å². The maximum atomic E-state index is 12.2. The zero-order valence-corrected chi connectivity index (χ0v) is 15.3. The van der Waals surface area contributed by atoms with Crippen LogP contribution < -0.4 is 11.1 Å². The molecule has 0 bridgehead atoms. The quantitative estimate of drug-likeness (QED) is 0.657. The van der Waals surface area contributed by atoms with Crippen molar-refractivity contribution in [2.75, 3.05) is 0 Å². The van der Waals surface area contributed by atoms with Crippen LogP contribution in [0.25, 0.3) is 0 Å². The van der Waals surface area contributed by atoms with Crippen molar-refractivity contribution in [3.8, 4) is 0 Å². The smallest absolute Gasteiger partial charge is 0.251 e. The topological polar surface area (TPSA) is 72.2 Å². The normalized spacial score (nSPS) is 11.7. The van der Waals surface area contributed by atoms with Crippen LogP contribution in [0.15, 0.2) is 53.0 Å². The zero-order chi connectivity index (χ0) is 16.1. The fourth-order valence-electron chi connectivity index (χ4n) is 1.95. The molecule has 0 fully saturated rings. The number of carbonyl (C=O) groups excluding carboxylic acids is 2. The fourth-order valence-corrected chi connectivity index (χ4v) is 2.71. The molecular formula is C16H14BrIN2O2. The lowest BCUT2D eigenvalue weighted by Gasteiger charge is -2.16. The van der Waals surface area contributed by atoms with E-state index in [1.807, 2.05) is 30.3 Å². The van der Waals surface area contributed by atoms with E-state index in [0.29, 0.717) is 12.0 Å². The third-order valence-electron chi connectivity index (χ3n) is 3.09. The summed E-state index contributed by atoms with van der Waals surface area (Å²) in [4.78, 5) is 23.8. The Morgan fingerprint density at radius 3 is 2.45 bits per heavy atom. The van der Waals surface area contributed by atoms with E-state index in [2.05, 4.69) is 43.8 Å². The van der Waals surface area contributed by atoms with Gasteiger partial charge in [-0.2, -0.15) is 0 Å². The molecule has 0 radical (unpaired) electrons. The van der Waals surface area contributed by atoms with Gasteiger partial charge in [0.1, 0.15) is 6.04 Å². The summed E-state index contributed by atoms with van der Waals surface area (Å²) in [6.07, 6.45) is 0.367. The molecule has 0 aromatic heterocycles. The molecule has 2 aromatic rings. The van der Waals surface area contributed by atoms with E-state index in [0.717, 1.165) is 13.6 Å². The Hall–Kier alpha value is -1.41. The minimum atomic E-state index is -0.744. The largest absolute Gasteiger partial charge is 0.368 e. The van der Waals surface area contributed by atoms with Crippen molar-refractivity contribution >= 4 is 50.3 Å². The van der Waals surface area contributed by atoms with Crippen LogP contribution >= 0.6 is 38.5 Å². The fraction of sp³-hybridized carbons (Fsp3) is 0.125. The van der Waals surface area contributed by atoms with E-state index < -0.39 is 11.9 Å². The minimum absolute atomic E-state index is 0.324. The van der Waals surface area contributed by atoms with Crippen molar-refractivity contribution in [2.24, 2.45) is 5.73 Å². The van der Waals surface area contributed by atoms with Crippen LogP contribution in [0.1, 0.15) is 15.9 Å². The molecule has 0 aliphatic rings. The van der Waals surface area contributed by atoms with Gasteiger partial charge in [-0.1, -0.05) is 34.1 Å². The predicted molar refractivity (Wildman–Crippen MR) is 97.5 cm³/mol. The third-order valence-corrected chi connectivity index (χ3v) is 4.30. The molecule has 0 spiro atoms. The third kappa shape index (κ3) is 4.81. The number of hydrogen-bond acceptors (Lipinski definition) is 2. The Kier molecular flexibility index (Phi) is 5.96. The van der Waals surface area contributed by atoms with Gasteiger partial charge in [-0.15, -0.1) is 0 Å². The summed E-state index contributed by atoms with van der Waals surface area (Å²) in [5, 5.41) is 2.69. The maximum Gasteiger partial charge on any atom is 0.251 e. The zero-order valence-electron chi connectivity index (χ0n) is 11.6. The number of nitrogens with two attached hydrogens (primary N) is 1. The maximum absolute atomic E-state index is 12.2. The van der Waals surface area contributed by atoms with E-state index in [9.17, 15) is 9.59 Å². The number of hydrogen-bond donors (Lipinski definition) is 2. The van der Waals surface area contributed by atoms with E-state index in [1.54, 1.807) is 18.2 Å². The molecule has 0 aliphatic carbocycles. The molecule has 2 aromatic carbocycles. The standard InChI is InChI=1S/C16H14BrIN2O2/c17-12-3-1-2-11(9-12)16(22)20-14(15(19)21)8-10-4-6-13(18)7-5-10/h1-7,9,14H,8H2,(H2,19,21)(H,20,22)/t14-/m1/s1. The van der Waals surface area contributed by atoms with Crippen molar-refractivity contribution < 1.29 is 9.59 Å². The molecule has 6 heteroatoms. The van der Waals surface area contributed by atoms with Crippen molar-refractivity contribution in [1.29, 1.82) is 0 Å². The van der Waals surface area contributed by atoms with Crippen LogP contribution in [0.2, 0.25) is 0 Å². The lowest BCUT2D eigenvalue weighted by molar-refractivity contribution is -0.119. The van der Waals surface area contributed by atoms with E-state index in [4.69, 9.17) is 5.73 Å². The highest BCUT2D eigenvalue weighted by Gasteiger charge is 2.19. The molecule has 2 rings (SSSR count). The van der Waals surface area contributed by atoms with Crippen molar-refractivity contribution in [1.82, 2.24) is 5.32 Å². The van der Waals surface area contributed by atoms with E-state index in [1.165, 1.54) is 0 Å². The summed E-state index contributed by atoms with van der Waals surface area (Å²) >= 11 is 5.52. The highest BCUT2D eigenvalue weighted by Crippen LogP contribution is 2.13. The molecule has 22 heavy (non-hydrogen) atoms. The molecule has 0 aliphatic heterocycles. The Labute approximate surface area is 150 Å². The predicted octanol–water partition coefficient (Wildman–Crippen LogP) is 2.88. The van der Waals surface area contributed by atoms with Crippen molar-refractivity contribution in [2.45, 2.75) is 12.5 Å². The first-order chi connectivity index (χ1) is 10.5. The van der Waals surface area contributed by atoms with Gasteiger partial charge in [-0.05, 0) is 58.5 Å². The number of amides is 2. The van der Waals surface area contributed by atoms with Gasteiger partial charge in [0.2, 0.25) is 5.91 Å². The average molecular weight is 473 g/mol. The van der Waals surface area contributed by atoms with Crippen LogP contribution in [0, 0.1) is 3.57 Å². The lowest BCUT2D eigenvalue weighted by atomic mass is 10.0. The first kappa shape index (κ1) is 17.0.